The molecule has 2 heterocycles. The number of anilines is 1. The van der Waals surface area contributed by atoms with Gasteiger partial charge in [0.05, 0.1) is 10.6 Å². The van der Waals surface area contributed by atoms with E-state index in [1.807, 2.05) is 17.5 Å². The number of benzene rings is 1. The van der Waals surface area contributed by atoms with Crippen molar-refractivity contribution >= 4 is 32.4 Å². The number of aryl methyl sites for hydroxylation is 1. The smallest absolute Gasteiger partial charge is 0.257 e. The minimum absolute atomic E-state index is 0.143. The van der Waals surface area contributed by atoms with Crippen molar-refractivity contribution in [1.82, 2.24) is 14.3 Å². The Labute approximate surface area is 174 Å². The predicted molar refractivity (Wildman–Crippen MR) is 115 cm³/mol. The fraction of sp³-hybridized carbons (Fsp3) is 0.250. The van der Waals surface area contributed by atoms with E-state index in [-0.39, 0.29) is 10.5 Å². The molecule has 29 heavy (non-hydrogen) atoms. The van der Waals surface area contributed by atoms with Crippen molar-refractivity contribution in [1.29, 1.82) is 0 Å². The molecule has 0 saturated carbocycles. The van der Waals surface area contributed by atoms with Crippen LogP contribution >= 0.6 is 11.3 Å². The number of sulfonamides is 1. The molecule has 0 aliphatic heterocycles. The van der Waals surface area contributed by atoms with Crippen LogP contribution in [0.4, 0.5) is 5.13 Å². The summed E-state index contributed by atoms with van der Waals surface area (Å²) in [6.07, 6.45) is 3.38. The van der Waals surface area contributed by atoms with Gasteiger partial charge in [-0.25, -0.2) is 13.4 Å². The number of hydrogen-bond donors (Lipinski definition) is 1. The summed E-state index contributed by atoms with van der Waals surface area (Å²) in [5.41, 5.74) is 2.43. The van der Waals surface area contributed by atoms with Gasteiger partial charge >= 0.3 is 0 Å². The van der Waals surface area contributed by atoms with Gasteiger partial charge in [0.25, 0.3) is 5.91 Å². The number of nitrogens with one attached hydrogen (secondary N) is 1. The lowest BCUT2D eigenvalue weighted by atomic mass is 10.1. The van der Waals surface area contributed by atoms with Crippen LogP contribution < -0.4 is 5.32 Å². The van der Waals surface area contributed by atoms with E-state index in [4.69, 9.17) is 0 Å². The first-order valence-corrected chi connectivity index (χ1v) is 11.5. The molecular formula is C20H22N4O3S2. The molecule has 7 nitrogen and oxygen atoms in total. The van der Waals surface area contributed by atoms with Gasteiger partial charge in [0.2, 0.25) is 10.0 Å². The molecule has 0 spiro atoms. The predicted octanol–water partition coefficient (Wildman–Crippen LogP) is 3.80. The zero-order valence-corrected chi connectivity index (χ0v) is 18.0. The summed E-state index contributed by atoms with van der Waals surface area (Å²) in [6, 6.07) is 8.39. The van der Waals surface area contributed by atoms with Crippen molar-refractivity contribution in [3.05, 3.63) is 59.2 Å². The van der Waals surface area contributed by atoms with E-state index in [2.05, 4.69) is 15.3 Å². The number of carbonyl (C=O) groups is 1. The Morgan fingerprint density at radius 2 is 1.97 bits per heavy atom. The molecule has 0 fully saturated rings. The topological polar surface area (TPSA) is 92.3 Å². The van der Waals surface area contributed by atoms with Gasteiger partial charge in [-0.3, -0.25) is 15.1 Å². The van der Waals surface area contributed by atoms with Gasteiger partial charge in [-0.2, -0.15) is 4.31 Å². The van der Waals surface area contributed by atoms with Gasteiger partial charge in [0.15, 0.2) is 5.13 Å². The Morgan fingerprint density at radius 3 is 2.62 bits per heavy atom. The summed E-state index contributed by atoms with van der Waals surface area (Å²) in [4.78, 5) is 21.3. The highest BCUT2D eigenvalue weighted by Crippen LogP contribution is 2.25. The second kappa shape index (κ2) is 8.81. The van der Waals surface area contributed by atoms with E-state index in [9.17, 15) is 13.2 Å². The number of nitrogens with zero attached hydrogens (tertiary/aromatic N) is 3. The number of carbonyl (C=O) groups excluding carboxylic acids is 1. The number of aromatic nitrogens is 2. The summed E-state index contributed by atoms with van der Waals surface area (Å²) in [5.74, 6) is -0.409. The molecule has 152 valence electrons. The maximum atomic E-state index is 12.9. The van der Waals surface area contributed by atoms with Crippen LogP contribution in [0.2, 0.25) is 0 Å². The number of amides is 1. The van der Waals surface area contributed by atoms with Gasteiger partial charge < -0.3 is 0 Å². The highest BCUT2D eigenvalue weighted by Gasteiger charge is 2.25. The number of thiazole rings is 1. The van der Waals surface area contributed by atoms with Gasteiger partial charge in [-0.1, -0.05) is 19.9 Å². The van der Waals surface area contributed by atoms with Crippen LogP contribution in [0.3, 0.4) is 0 Å². The molecule has 9 heteroatoms. The van der Waals surface area contributed by atoms with Crippen molar-refractivity contribution in [2.45, 2.75) is 25.7 Å². The van der Waals surface area contributed by atoms with E-state index in [0.29, 0.717) is 29.5 Å². The molecule has 0 atom stereocenters. The molecule has 0 saturated heterocycles. The van der Waals surface area contributed by atoms with E-state index < -0.39 is 15.9 Å². The maximum absolute atomic E-state index is 12.9. The molecule has 1 aromatic carbocycles. The first kappa shape index (κ1) is 21.1. The molecule has 0 bridgehead atoms. The first-order chi connectivity index (χ1) is 13.9. The quantitative estimate of drug-likeness (QED) is 0.616. The highest BCUT2D eigenvalue weighted by molar-refractivity contribution is 7.89. The van der Waals surface area contributed by atoms with E-state index >= 15 is 0 Å². The highest BCUT2D eigenvalue weighted by atomic mass is 32.2. The summed E-state index contributed by atoms with van der Waals surface area (Å²) < 4.78 is 27.1. The van der Waals surface area contributed by atoms with Crippen LogP contribution in [0.15, 0.2) is 53.0 Å². The van der Waals surface area contributed by atoms with E-state index in [1.165, 1.54) is 21.7 Å². The fourth-order valence-corrected chi connectivity index (χ4v) is 5.29. The number of rotatable bonds is 7. The summed E-state index contributed by atoms with van der Waals surface area (Å²) in [6.45, 7) is 6.03. The van der Waals surface area contributed by atoms with Crippen molar-refractivity contribution in [2.24, 2.45) is 0 Å². The standard InChI is InChI=1S/C20H22N4O3S2/c1-4-24(5-2)29(26,27)18-11-15(9-8-14(18)3)19(25)23-20-22-17(13-28-20)16-7-6-10-21-12-16/h6-13H,4-5H2,1-3H3,(H,22,23,25). The zero-order valence-electron chi connectivity index (χ0n) is 16.4. The fourth-order valence-electron chi connectivity index (χ4n) is 2.87. The summed E-state index contributed by atoms with van der Waals surface area (Å²) in [5, 5.41) is 5.01. The summed E-state index contributed by atoms with van der Waals surface area (Å²) >= 11 is 1.30. The van der Waals surface area contributed by atoms with Crippen molar-refractivity contribution in [3.8, 4) is 11.3 Å². The van der Waals surface area contributed by atoms with Crippen LogP contribution in [-0.4, -0.2) is 41.7 Å². The van der Waals surface area contributed by atoms with Gasteiger partial charge in [0.1, 0.15) is 0 Å². The zero-order chi connectivity index (χ0) is 21.0. The number of pyridine rings is 1. The Balaban J connectivity index is 1.85. The van der Waals surface area contributed by atoms with Crippen molar-refractivity contribution in [2.75, 3.05) is 18.4 Å². The normalized spacial score (nSPS) is 11.6. The molecule has 0 unspecified atom stereocenters. The maximum Gasteiger partial charge on any atom is 0.257 e. The Morgan fingerprint density at radius 1 is 1.21 bits per heavy atom. The lowest BCUT2D eigenvalue weighted by Crippen LogP contribution is -2.31. The molecule has 1 amide bonds. The third-order valence-corrected chi connectivity index (χ3v) is 7.41. The monoisotopic (exact) mass is 430 g/mol. The lowest BCUT2D eigenvalue weighted by molar-refractivity contribution is 0.102. The Hall–Kier alpha value is -2.62. The van der Waals surface area contributed by atoms with Crippen molar-refractivity contribution in [3.63, 3.8) is 0 Å². The molecule has 3 aromatic rings. The van der Waals surface area contributed by atoms with Crippen LogP contribution in [-0.2, 0) is 10.0 Å². The van der Waals surface area contributed by atoms with Gasteiger partial charge in [0, 0.05) is 42.0 Å². The van der Waals surface area contributed by atoms with Crippen LogP contribution in [0.1, 0.15) is 29.8 Å². The average Bonchev–Trinajstić information content (AvgIpc) is 3.18. The SMILES string of the molecule is CCN(CC)S(=O)(=O)c1cc(C(=O)Nc2nc(-c3cccnc3)cs2)ccc1C. The minimum Gasteiger partial charge on any atom is -0.298 e. The molecule has 2 aromatic heterocycles. The first-order valence-electron chi connectivity index (χ1n) is 9.14. The van der Waals surface area contributed by atoms with E-state index in [0.717, 1.165) is 5.56 Å². The minimum atomic E-state index is -3.66. The molecule has 3 rings (SSSR count). The molecule has 1 N–H and O–H groups in total. The lowest BCUT2D eigenvalue weighted by Gasteiger charge is -2.20. The van der Waals surface area contributed by atoms with Crippen molar-refractivity contribution < 1.29 is 13.2 Å². The molecular weight excluding hydrogens is 408 g/mol. The third kappa shape index (κ3) is 4.52. The van der Waals surface area contributed by atoms with Crippen LogP contribution in [0.25, 0.3) is 11.3 Å². The second-order valence-corrected chi connectivity index (χ2v) is 9.07. The molecule has 0 radical (unpaired) electrons. The number of hydrogen-bond acceptors (Lipinski definition) is 6. The third-order valence-electron chi connectivity index (χ3n) is 4.46. The Bertz CT molecular complexity index is 1110. The van der Waals surface area contributed by atoms with Crippen LogP contribution in [0.5, 0.6) is 0 Å². The van der Waals surface area contributed by atoms with Gasteiger partial charge in [-0.05, 0) is 36.8 Å². The molecule has 0 aliphatic carbocycles. The largest absolute Gasteiger partial charge is 0.298 e. The van der Waals surface area contributed by atoms with E-state index in [1.54, 1.807) is 45.3 Å². The van der Waals surface area contributed by atoms with Gasteiger partial charge in [-0.15, -0.1) is 11.3 Å². The summed E-state index contributed by atoms with van der Waals surface area (Å²) in [7, 11) is -3.66. The second-order valence-electron chi connectivity index (χ2n) is 6.30. The average molecular weight is 431 g/mol. The Kier molecular flexibility index (Phi) is 6.41. The van der Waals surface area contributed by atoms with Crippen LogP contribution in [0, 0.1) is 6.92 Å². The molecule has 0 aliphatic rings.